The molecule has 3 N–H and O–H groups in total. The molecule has 0 aliphatic rings. The van der Waals surface area contributed by atoms with Crippen molar-refractivity contribution in [3.05, 3.63) is 58.1 Å². The van der Waals surface area contributed by atoms with E-state index in [1.165, 1.54) is 18.2 Å². The fourth-order valence-electron chi connectivity index (χ4n) is 2.23. The molecular weight excluding hydrogens is 445 g/mol. The first kappa shape index (κ1) is 21.4. The summed E-state index contributed by atoms with van der Waals surface area (Å²) in [5.74, 6) is -3.35. The Morgan fingerprint density at radius 3 is 2.14 bits per heavy atom. The van der Waals surface area contributed by atoms with Gasteiger partial charge in [0.25, 0.3) is 0 Å². The molecule has 148 valence electrons. The summed E-state index contributed by atoms with van der Waals surface area (Å²) < 4.78 is 39.4. The fourth-order valence-corrected chi connectivity index (χ4v) is 2.59. The van der Waals surface area contributed by atoms with Gasteiger partial charge in [0.15, 0.2) is 0 Å². The number of aryl methyl sites for hydroxylation is 1. The Hall–Kier alpha value is -2.88. The maximum Gasteiger partial charge on any atom is 0.418 e. The van der Waals surface area contributed by atoms with Crippen molar-refractivity contribution in [2.24, 2.45) is 0 Å². The van der Waals surface area contributed by atoms with Crippen molar-refractivity contribution in [3.8, 4) is 0 Å². The van der Waals surface area contributed by atoms with E-state index in [0.717, 1.165) is 17.7 Å². The quantitative estimate of drug-likeness (QED) is 0.588. The van der Waals surface area contributed by atoms with Crippen LogP contribution in [0.3, 0.4) is 0 Å². The summed E-state index contributed by atoms with van der Waals surface area (Å²) in [6.45, 7) is 0. The van der Waals surface area contributed by atoms with Crippen LogP contribution in [0, 0.1) is 0 Å². The van der Waals surface area contributed by atoms with Gasteiger partial charge in [0, 0.05) is 16.6 Å². The maximum absolute atomic E-state index is 13.1. The number of benzene rings is 2. The molecule has 0 radical (unpaired) electrons. The maximum atomic E-state index is 13.1. The Kier molecular flexibility index (Phi) is 6.79. The number of anilines is 2. The number of alkyl halides is 3. The lowest BCUT2D eigenvalue weighted by Gasteiger charge is -2.14. The van der Waals surface area contributed by atoms with Crippen molar-refractivity contribution in [1.82, 2.24) is 0 Å². The number of carbonyl (C=O) groups is 3. The van der Waals surface area contributed by atoms with Crippen molar-refractivity contribution in [2.45, 2.75) is 19.0 Å². The molecule has 0 aliphatic heterocycles. The summed E-state index contributed by atoms with van der Waals surface area (Å²) in [5.41, 5.74) is -0.675. The Balaban J connectivity index is 2.04. The molecule has 28 heavy (non-hydrogen) atoms. The molecule has 2 amide bonds. The van der Waals surface area contributed by atoms with Gasteiger partial charge in [-0.05, 0) is 42.3 Å². The van der Waals surface area contributed by atoms with Crippen LogP contribution in [0.5, 0.6) is 0 Å². The Morgan fingerprint density at radius 2 is 1.57 bits per heavy atom. The van der Waals surface area contributed by atoms with Gasteiger partial charge in [0.2, 0.25) is 0 Å². The molecule has 2 rings (SSSR count). The molecule has 0 spiro atoms. The lowest BCUT2D eigenvalue weighted by molar-refractivity contribution is -0.138. The molecule has 0 saturated carbocycles. The zero-order valence-electron chi connectivity index (χ0n) is 14.1. The van der Waals surface area contributed by atoms with E-state index in [2.05, 4.69) is 21.2 Å². The first-order chi connectivity index (χ1) is 13.1. The van der Waals surface area contributed by atoms with Gasteiger partial charge < -0.3 is 15.7 Å². The van der Waals surface area contributed by atoms with Gasteiger partial charge >= 0.3 is 24.0 Å². The number of carbonyl (C=O) groups excluding carboxylic acids is 2. The van der Waals surface area contributed by atoms with E-state index in [1.54, 1.807) is 12.1 Å². The molecule has 2 aromatic carbocycles. The summed E-state index contributed by atoms with van der Waals surface area (Å²) >= 11 is 2.93. The topological polar surface area (TPSA) is 95.5 Å². The van der Waals surface area contributed by atoms with Crippen LogP contribution in [0.1, 0.15) is 17.5 Å². The van der Waals surface area contributed by atoms with E-state index in [0.29, 0.717) is 6.42 Å². The molecule has 2 aromatic rings. The van der Waals surface area contributed by atoms with Gasteiger partial charge in [-0.3, -0.25) is 14.4 Å². The molecule has 10 heteroatoms. The highest BCUT2D eigenvalue weighted by molar-refractivity contribution is 9.10. The Labute approximate surface area is 165 Å². The SMILES string of the molecule is O=C(O)CCc1ccc(NC(=O)C(=O)Nc2ccc(Br)cc2C(F)(F)F)cc1. The Bertz CT molecular complexity index is 899. The molecular formula is C18H14BrF3N2O4. The molecule has 6 nitrogen and oxygen atoms in total. The molecule has 0 heterocycles. The van der Waals surface area contributed by atoms with Crippen LogP contribution in [0.2, 0.25) is 0 Å². The zero-order valence-corrected chi connectivity index (χ0v) is 15.7. The molecule has 0 fully saturated rings. The number of halogens is 4. The van der Waals surface area contributed by atoms with Gasteiger partial charge in [0.1, 0.15) is 0 Å². The van der Waals surface area contributed by atoms with Gasteiger partial charge in [-0.25, -0.2) is 0 Å². The highest BCUT2D eigenvalue weighted by Gasteiger charge is 2.34. The minimum absolute atomic E-state index is 0.0527. The monoisotopic (exact) mass is 458 g/mol. The molecule has 0 aromatic heterocycles. The predicted octanol–water partition coefficient (Wildman–Crippen LogP) is 4.06. The third kappa shape index (κ3) is 6.08. The van der Waals surface area contributed by atoms with Crippen LogP contribution in [0.15, 0.2) is 46.9 Å². The summed E-state index contributed by atoms with van der Waals surface area (Å²) in [6, 6.07) is 9.21. The van der Waals surface area contributed by atoms with E-state index < -0.39 is 35.2 Å². The fraction of sp³-hybridized carbons (Fsp3) is 0.167. The number of carboxylic acid groups (broad SMARTS) is 1. The predicted molar refractivity (Wildman–Crippen MR) is 98.8 cm³/mol. The van der Waals surface area contributed by atoms with Crippen molar-refractivity contribution >= 4 is 45.1 Å². The molecule has 0 atom stereocenters. The van der Waals surface area contributed by atoms with Gasteiger partial charge in [-0.2, -0.15) is 13.2 Å². The first-order valence-corrected chi connectivity index (χ1v) is 8.65. The van der Waals surface area contributed by atoms with Crippen LogP contribution in [0.25, 0.3) is 0 Å². The van der Waals surface area contributed by atoms with E-state index >= 15 is 0 Å². The molecule has 0 saturated heterocycles. The van der Waals surface area contributed by atoms with Gasteiger partial charge in [-0.1, -0.05) is 28.1 Å². The second kappa shape index (κ2) is 8.87. The smallest absolute Gasteiger partial charge is 0.418 e. The zero-order chi connectivity index (χ0) is 20.9. The van der Waals surface area contributed by atoms with Crippen molar-refractivity contribution in [2.75, 3.05) is 10.6 Å². The average Bonchev–Trinajstić information content (AvgIpc) is 2.61. The normalized spacial score (nSPS) is 11.0. The second-order valence-electron chi connectivity index (χ2n) is 5.69. The van der Waals surface area contributed by atoms with Gasteiger partial charge in [0.05, 0.1) is 11.3 Å². The van der Waals surface area contributed by atoms with E-state index in [1.807, 2.05) is 5.32 Å². The van der Waals surface area contributed by atoms with Crippen molar-refractivity contribution in [1.29, 1.82) is 0 Å². The first-order valence-electron chi connectivity index (χ1n) is 7.86. The van der Waals surface area contributed by atoms with Crippen molar-refractivity contribution in [3.63, 3.8) is 0 Å². The van der Waals surface area contributed by atoms with Gasteiger partial charge in [-0.15, -0.1) is 0 Å². The number of rotatable bonds is 5. The summed E-state index contributed by atoms with van der Waals surface area (Å²) in [4.78, 5) is 34.5. The standard InChI is InChI=1S/C18H14BrF3N2O4/c19-11-4-7-14(13(9-11)18(20,21)22)24-17(28)16(27)23-12-5-1-10(2-6-12)3-8-15(25)26/h1-2,4-7,9H,3,8H2,(H,23,27)(H,24,28)(H,25,26). The number of hydrogen-bond acceptors (Lipinski definition) is 3. The van der Waals surface area contributed by atoms with Crippen LogP contribution in [-0.2, 0) is 27.0 Å². The van der Waals surface area contributed by atoms with Crippen LogP contribution < -0.4 is 10.6 Å². The van der Waals surface area contributed by atoms with Crippen LogP contribution >= 0.6 is 15.9 Å². The summed E-state index contributed by atoms with van der Waals surface area (Å²) in [7, 11) is 0. The van der Waals surface area contributed by atoms with Crippen molar-refractivity contribution < 1.29 is 32.7 Å². The minimum Gasteiger partial charge on any atom is -0.481 e. The summed E-state index contributed by atoms with van der Waals surface area (Å²) in [6.07, 6.45) is -4.47. The number of amides is 2. The average molecular weight is 459 g/mol. The lowest BCUT2D eigenvalue weighted by atomic mass is 10.1. The highest BCUT2D eigenvalue weighted by atomic mass is 79.9. The Morgan fingerprint density at radius 1 is 0.964 bits per heavy atom. The number of nitrogens with one attached hydrogen (secondary N) is 2. The van der Waals surface area contributed by atoms with E-state index in [4.69, 9.17) is 5.11 Å². The number of hydrogen-bond donors (Lipinski definition) is 3. The lowest BCUT2D eigenvalue weighted by Crippen LogP contribution is -2.30. The molecule has 0 bridgehead atoms. The van der Waals surface area contributed by atoms with Crippen LogP contribution in [-0.4, -0.2) is 22.9 Å². The second-order valence-corrected chi connectivity index (χ2v) is 6.60. The van der Waals surface area contributed by atoms with E-state index in [-0.39, 0.29) is 16.6 Å². The largest absolute Gasteiger partial charge is 0.481 e. The number of carboxylic acids is 1. The number of aliphatic carboxylic acids is 1. The highest BCUT2D eigenvalue weighted by Crippen LogP contribution is 2.36. The molecule has 0 unspecified atom stereocenters. The molecule has 0 aliphatic carbocycles. The minimum atomic E-state index is -4.71. The van der Waals surface area contributed by atoms with Crippen LogP contribution in [0.4, 0.5) is 24.5 Å². The summed E-state index contributed by atoms with van der Waals surface area (Å²) in [5, 5.41) is 12.9. The third-order valence-corrected chi connectivity index (χ3v) is 4.07. The third-order valence-electron chi connectivity index (χ3n) is 3.58. The van der Waals surface area contributed by atoms with E-state index in [9.17, 15) is 27.6 Å².